The Hall–Kier alpha value is -1.23. The Morgan fingerprint density at radius 1 is 1.41 bits per heavy atom. The van der Waals surface area contributed by atoms with E-state index in [-0.39, 0.29) is 6.10 Å². The zero-order chi connectivity index (χ0) is 13.3. The summed E-state index contributed by atoms with van der Waals surface area (Å²) in [5.74, 6) is 0.844. The molecule has 1 aromatic rings. The normalized spacial score (nSPS) is 9.06. The van der Waals surface area contributed by atoms with E-state index in [1.807, 2.05) is 25.2 Å². The first-order valence-electron chi connectivity index (χ1n) is 5.15. The van der Waals surface area contributed by atoms with Crippen molar-refractivity contribution in [2.45, 2.75) is 20.0 Å². The van der Waals surface area contributed by atoms with Gasteiger partial charge in [0.2, 0.25) is 0 Å². The number of carbonyl (C=O) groups is 1. The molecule has 0 amide bonds. The second-order valence-electron chi connectivity index (χ2n) is 3.38. The molecular formula is C12H18BrNO3. The van der Waals surface area contributed by atoms with E-state index in [4.69, 9.17) is 4.74 Å². The second-order valence-corrected chi connectivity index (χ2v) is 4.23. The number of benzene rings is 1. The van der Waals surface area contributed by atoms with E-state index in [9.17, 15) is 4.79 Å². The van der Waals surface area contributed by atoms with Gasteiger partial charge in [0.15, 0.2) is 0 Å². The number of nitrogens with one attached hydrogen (secondary N) is 1. The van der Waals surface area contributed by atoms with E-state index < -0.39 is 0 Å². The average molecular weight is 304 g/mol. The van der Waals surface area contributed by atoms with Gasteiger partial charge in [-0.05, 0) is 41.9 Å². The van der Waals surface area contributed by atoms with Gasteiger partial charge in [-0.25, -0.2) is 0 Å². The summed E-state index contributed by atoms with van der Waals surface area (Å²) < 4.78 is 10.4. The smallest absolute Gasteiger partial charge is 0.293 e. The third-order valence-electron chi connectivity index (χ3n) is 1.77. The quantitative estimate of drug-likeness (QED) is 0.869. The van der Waals surface area contributed by atoms with Crippen molar-refractivity contribution in [1.29, 1.82) is 0 Å². The minimum absolute atomic E-state index is 0.0301. The van der Waals surface area contributed by atoms with Crippen molar-refractivity contribution in [2.24, 2.45) is 0 Å². The van der Waals surface area contributed by atoms with Crippen molar-refractivity contribution in [3.05, 3.63) is 22.7 Å². The molecule has 1 rings (SSSR count). The molecule has 0 unspecified atom stereocenters. The molecule has 17 heavy (non-hydrogen) atoms. The van der Waals surface area contributed by atoms with Crippen molar-refractivity contribution >= 4 is 28.1 Å². The number of methoxy groups -OCH3 is 1. The van der Waals surface area contributed by atoms with Crippen LogP contribution in [0.3, 0.4) is 0 Å². The van der Waals surface area contributed by atoms with E-state index in [0.717, 1.165) is 15.9 Å². The molecule has 5 heteroatoms. The summed E-state index contributed by atoms with van der Waals surface area (Å²) in [5.41, 5.74) is 1.05. The summed E-state index contributed by atoms with van der Waals surface area (Å²) in [6.45, 7) is 4.05. The van der Waals surface area contributed by atoms with Crippen LogP contribution in [0.4, 0.5) is 5.69 Å². The molecule has 0 radical (unpaired) electrons. The molecule has 0 aliphatic rings. The van der Waals surface area contributed by atoms with Gasteiger partial charge in [-0.15, -0.1) is 0 Å². The van der Waals surface area contributed by atoms with Gasteiger partial charge in [-0.2, -0.15) is 0 Å². The molecule has 0 bridgehead atoms. The molecule has 0 spiro atoms. The van der Waals surface area contributed by atoms with Gasteiger partial charge in [0.05, 0.1) is 17.7 Å². The number of hydrogen-bond acceptors (Lipinski definition) is 4. The van der Waals surface area contributed by atoms with E-state index >= 15 is 0 Å². The molecule has 0 saturated carbocycles. The minimum Gasteiger partial charge on any atom is -0.495 e. The van der Waals surface area contributed by atoms with Crippen LogP contribution in [0, 0.1) is 0 Å². The van der Waals surface area contributed by atoms with Crippen LogP contribution in [-0.2, 0) is 9.53 Å². The van der Waals surface area contributed by atoms with E-state index in [0.29, 0.717) is 6.47 Å². The lowest BCUT2D eigenvalue weighted by Crippen LogP contribution is -1.98. The third-order valence-corrected chi connectivity index (χ3v) is 2.42. The Morgan fingerprint density at radius 3 is 2.41 bits per heavy atom. The Morgan fingerprint density at radius 2 is 2.06 bits per heavy atom. The van der Waals surface area contributed by atoms with Gasteiger partial charge < -0.3 is 14.8 Å². The van der Waals surface area contributed by atoms with Crippen molar-refractivity contribution < 1.29 is 14.3 Å². The van der Waals surface area contributed by atoms with Crippen LogP contribution in [0.1, 0.15) is 13.8 Å². The average Bonchev–Trinajstić information content (AvgIpc) is 2.30. The Balaban J connectivity index is 0.000000366. The van der Waals surface area contributed by atoms with Crippen LogP contribution in [0.15, 0.2) is 22.7 Å². The minimum atomic E-state index is 0.0301. The monoisotopic (exact) mass is 303 g/mol. The van der Waals surface area contributed by atoms with Crippen LogP contribution >= 0.6 is 15.9 Å². The number of carbonyl (C=O) groups excluding carboxylic acids is 1. The molecule has 0 fully saturated rings. The lowest BCUT2D eigenvalue weighted by molar-refractivity contribution is -0.131. The van der Waals surface area contributed by atoms with Crippen LogP contribution in [-0.4, -0.2) is 26.7 Å². The van der Waals surface area contributed by atoms with Crippen molar-refractivity contribution in [3.8, 4) is 5.75 Å². The highest BCUT2D eigenvalue weighted by atomic mass is 79.9. The van der Waals surface area contributed by atoms with Crippen LogP contribution < -0.4 is 10.1 Å². The predicted octanol–water partition coefficient (Wildman–Crippen LogP) is 3.07. The van der Waals surface area contributed by atoms with Gasteiger partial charge in [0, 0.05) is 18.8 Å². The van der Waals surface area contributed by atoms with Gasteiger partial charge in [-0.1, -0.05) is 0 Å². The topological polar surface area (TPSA) is 47.6 Å². The largest absolute Gasteiger partial charge is 0.495 e. The maximum absolute atomic E-state index is 9.39. The molecule has 0 aliphatic heterocycles. The van der Waals surface area contributed by atoms with Gasteiger partial charge in [0.1, 0.15) is 5.75 Å². The molecule has 0 aromatic heterocycles. The molecular weight excluding hydrogens is 286 g/mol. The lowest BCUT2D eigenvalue weighted by Gasteiger charge is -2.05. The second kappa shape index (κ2) is 8.87. The first-order chi connectivity index (χ1) is 8.04. The number of halogens is 1. The summed E-state index contributed by atoms with van der Waals surface area (Å²) in [7, 11) is 3.53. The fraction of sp³-hybridized carbons (Fsp3) is 0.417. The third kappa shape index (κ3) is 6.84. The van der Waals surface area contributed by atoms with Crippen molar-refractivity contribution in [3.63, 3.8) is 0 Å². The molecule has 0 saturated heterocycles. The highest BCUT2D eigenvalue weighted by Gasteiger charge is 1.98. The Labute approximate surface area is 110 Å². The van der Waals surface area contributed by atoms with Gasteiger partial charge in [0.25, 0.3) is 6.47 Å². The summed E-state index contributed by atoms with van der Waals surface area (Å²) in [4.78, 5) is 9.39. The van der Waals surface area contributed by atoms with E-state index in [1.54, 1.807) is 21.0 Å². The number of rotatable bonds is 4. The maximum atomic E-state index is 9.39. The summed E-state index contributed by atoms with van der Waals surface area (Å²) in [6.07, 6.45) is 0.0301. The molecule has 0 heterocycles. The Bertz CT molecular complexity index is 343. The summed E-state index contributed by atoms with van der Waals surface area (Å²) in [5, 5.41) is 3.03. The van der Waals surface area contributed by atoms with Crippen LogP contribution in [0.25, 0.3) is 0 Å². The zero-order valence-corrected chi connectivity index (χ0v) is 12.1. The zero-order valence-electron chi connectivity index (χ0n) is 10.5. The van der Waals surface area contributed by atoms with E-state index in [1.165, 1.54) is 0 Å². The molecule has 0 atom stereocenters. The Kier molecular flexibility index (Phi) is 8.23. The van der Waals surface area contributed by atoms with Crippen molar-refractivity contribution in [1.82, 2.24) is 0 Å². The lowest BCUT2D eigenvalue weighted by atomic mass is 10.3. The van der Waals surface area contributed by atoms with E-state index in [2.05, 4.69) is 26.0 Å². The van der Waals surface area contributed by atoms with Crippen LogP contribution in [0.2, 0.25) is 0 Å². The molecule has 1 N–H and O–H groups in total. The maximum Gasteiger partial charge on any atom is 0.293 e. The highest BCUT2D eigenvalue weighted by Crippen LogP contribution is 2.27. The van der Waals surface area contributed by atoms with Gasteiger partial charge >= 0.3 is 0 Å². The van der Waals surface area contributed by atoms with Crippen molar-refractivity contribution in [2.75, 3.05) is 19.5 Å². The predicted molar refractivity (Wildman–Crippen MR) is 72.5 cm³/mol. The molecule has 1 aromatic carbocycles. The fourth-order valence-electron chi connectivity index (χ4n) is 0.926. The first kappa shape index (κ1) is 15.8. The standard InChI is InChI=1S/C8H10BrNO.C4H8O2/c1-10-6-3-4-7(9)8(5-6)11-2;1-4(2)6-3-5/h3-5,10H,1-2H3;3-4H,1-2H3. The molecule has 96 valence electrons. The molecule has 4 nitrogen and oxygen atoms in total. The highest BCUT2D eigenvalue weighted by molar-refractivity contribution is 9.10. The number of ether oxygens (including phenoxy) is 2. The van der Waals surface area contributed by atoms with Crippen LogP contribution in [0.5, 0.6) is 5.75 Å². The number of anilines is 1. The first-order valence-corrected chi connectivity index (χ1v) is 5.94. The molecule has 0 aliphatic carbocycles. The fourth-order valence-corrected chi connectivity index (χ4v) is 1.33. The summed E-state index contributed by atoms with van der Waals surface area (Å²) >= 11 is 3.37. The number of hydrogen-bond donors (Lipinski definition) is 1. The SMILES string of the molecule is CC(C)OC=O.CNc1ccc(Br)c(OC)c1. The van der Waals surface area contributed by atoms with Gasteiger partial charge in [-0.3, -0.25) is 4.79 Å². The summed E-state index contributed by atoms with van der Waals surface area (Å²) in [6, 6.07) is 5.86.